The van der Waals surface area contributed by atoms with Crippen molar-refractivity contribution in [3.05, 3.63) is 66.0 Å². The van der Waals surface area contributed by atoms with E-state index in [0.29, 0.717) is 0 Å². The number of aromatic nitrogens is 1. The van der Waals surface area contributed by atoms with E-state index in [0.717, 1.165) is 23.6 Å². The van der Waals surface area contributed by atoms with Crippen molar-refractivity contribution in [3.8, 4) is 11.1 Å². The van der Waals surface area contributed by atoms with Crippen LogP contribution in [-0.2, 0) is 6.42 Å². The molecule has 1 heteroatoms. The van der Waals surface area contributed by atoms with Crippen LogP contribution < -0.4 is 0 Å². The van der Waals surface area contributed by atoms with Gasteiger partial charge in [0.15, 0.2) is 0 Å². The van der Waals surface area contributed by atoms with Gasteiger partial charge in [-0.15, -0.1) is 0 Å². The van der Waals surface area contributed by atoms with Crippen LogP contribution in [0.1, 0.15) is 99.8 Å². The van der Waals surface area contributed by atoms with Gasteiger partial charge in [0.1, 0.15) is 0 Å². The molecule has 1 heterocycles. The molecule has 0 spiro atoms. The first-order valence-electron chi connectivity index (χ1n) is 12.0. The van der Waals surface area contributed by atoms with Crippen LogP contribution in [-0.4, -0.2) is 4.98 Å². The van der Waals surface area contributed by atoms with Crippen LogP contribution >= 0.6 is 0 Å². The Morgan fingerprint density at radius 2 is 1.50 bits per heavy atom. The molecule has 0 bridgehead atoms. The lowest BCUT2D eigenvalue weighted by molar-refractivity contribution is 0.576. The van der Waals surface area contributed by atoms with Crippen LogP contribution in [0.4, 0.5) is 0 Å². The first-order valence-corrected chi connectivity index (χ1v) is 12.0. The summed E-state index contributed by atoms with van der Waals surface area (Å²) >= 11 is 0. The quantitative estimate of drug-likeness (QED) is 0.444. The Hall–Kier alpha value is -1.89. The summed E-state index contributed by atoms with van der Waals surface area (Å²) in [4.78, 5) is 4.46. The van der Waals surface area contributed by atoms with Gasteiger partial charge in [-0.2, -0.15) is 0 Å². The molecule has 1 aromatic carbocycles. The number of hydrogen-bond acceptors (Lipinski definition) is 1. The number of hydrogen-bond donors (Lipinski definition) is 0. The fourth-order valence-electron chi connectivity index (χ4n) is 2.41. The van der Waals surface area contributed by atoms with Crippen LogP contribution in [0.15, 0.2) is 54.7 Å². The van der Waals surface area contributed by atoms with Crippen molar-refractivity contribution in [2.24, 2.45) is 5.92 Å². The summed E-state index contributed by atoms with van der Waals surface area (Å²) in [6.45, 7) is 27.0. The fourth-order valence-corrected chi connectivity index (χ4v) is 2.41. The molecule has 2 rings (SSSR count). The lowest BCUT2D eigenvalue weighted by Gasteiger charge is -2.04. The van der Waals surface area contributed by atoms with Gasteiger partial charge in [0.2, 0.25) is 0 Å². The van der Waals surface area contributed by atoms with Gasteiger partial charge in [0.25, 0.3) is 0 Å². The molecule has 0 atom stereocenters. The minimum atomic E-state index is 0.855. The molecule has 0 saturated carbocycles. The Labute approximate surface area is 190 Å². The van der Waals surface area contributed by atoms with Gasteiger partial charge < -0.3 is 0 Å². The third kappa shape index (κ3) is 19.4. The monoisotopic (exact) mass is 413 g/mol. The minimum absolute atomic E-state index is 0.855. The second-order valence-corrected chi connectivity index (χ2v) is 7.43. The summed E-state index contributed by atoms with van der Waals surface area (Å²) in [5, 5.41) is 0. The minimum Gasteiger partial charge on any atom is -0.260 e. The number of benzene rings is 1. The SMILES string of the molecule is C=C(C)Cc1ccc(-c2cccc(C)c2)cn1.CC.CC.CCC.CCCC(C)C. The topological polar surface area (TPSA) is 12.9 Å². The second kappa shape index (κ2) is 23.4. The molecule has 0 aliphatic heterocycles. The van der Waals surface area contributed by atoms with Crippen molar-refractivity contribution < 1.29 is 0 Å². The lowest BCUT2D eigenvalue weighted by atomic mass is 10.0. The first-order chi connectivity index (χ1) is 14.3. The van der Waals surface area contributed by atoms with E-state index in [1.54, 1.807) is 0 Å². The van der Waals surface area contributed by atoms with Crippen molar-refractivity contribution in [1.82, 2.24) is 4.98 Å². The summed E-state index contributed by atoms with van der Waals surface area (Å²) in [5.41, 5.74) is 5.88. The summed E-state index contributed by atoms with van der Waals surface area (Å²) in [5.74, 6) is 0.898. The zero-order chi connectivity index (χ0) is 23.9. The molecule has 30 heavy (non-hydrogen) atoms. The average molecular weight is 414 g/mol. The van der Waals surface area contributed by atoms with Crippen molar-refractivity contribution in [2.45, 2.75) is 102 Å². The molecule has 0 N–H and O–H groups in total. The van der Waals surface area contributed by atoms with Crippen LogP contribution in [0.25, 0.3) is 11.1 Å². The normalized spacial score (nSPS) is 8.80. The molecule has 0 aliphatic carbocycles. The zero-order valence-corrected chi connectivity index (χ0v) is 22.1. The van der Waals surface area contributed by atoms with E-state index in [4.69, 9.17) is 0 Å². The number of nitrogens with zero attached hydrogens (tertiary/aromatic N) is 1. The average Bonchev–Trinajstić information content (AvgIpc) is 2.72. The first kappa shape index (κ1) is 32.8. The van der Waals surface area contributed by atoms with Gasteiger partial charge in [0.05, 0.1) is 0 Å². The van der Waals surface area contributed by atoms with E-state index in [1.165, 1.54) is 36.0 Å². The molecular formula is C29H51N. The molecule has 0 radical (unpaired) electrons. The largest absolute Gasteiger partial charge is 0.260 e. The number of allylic oxidation sites excluding steroid dienone is 1. The smallest absolute Gasteiger partial charge is 0.0444 e. The predicted octanol–water partition coefficient (Wildman–Crippen LogP) is 10.1. The molecule has 0 aliphatic rings. The Kier molecular flexibility index (Phi) is 25.5. The maximum absolute atomic E-state index is 4.46. The second-order valence-electron chi connectivity index (χ2n) is 7.43. The van der Waals surface area contributed by atoms with Crippen molar-refractivity contribution in [2.75, 3.05) is 0 Å². The van der Waals surface area contributed by atoms with E-state index in [1.807, 2.05) is 40.8 Å². The Balaban J connectivity index is -0.000000469. The van der Waals surface area contributed by atoms with Crippen LogP contribution in [0.3, 0.4) is 0 Å². The van der Waals surface area contributed by atoms with Crippen LogP contribution in [0.5, 0.6) is 0 Å². The van der Waals surface area contributed by atoms with E-state index >= 15 is 0 Å². The van der Waals surface area contributed by atoms with Crippen molar-refractivity contribution >= 4 is 0 Å². The molecule has 172 valence electrons. The standard InChI is InChI=1S/C16H17N.C6H14.C3H8.2C2H6/c1-12(2)9-16-8-7-15(11-17-16)14-6-4-5-13(3)10-14;1-4-5-6(2)3;1-3-2;2*1-2/h4-8,10-11H,1,9H2,2-3H3;6H,4-5H2,1-3H3;3H2,1-2H3;2*1-2H3. The van der Waals surface area contributed by atoms with E-state index in [9.17, 15) is 0 Å². The molecule has 2 aromatic rings. The highest BCUT2D eigenvalue weighted by atomic mass is 14.7. The molecule has 1 nitrogen and oxygen atoms in total. The maximum Gasteiger partial charge on any atom is 0.0444 e. The molecule has 0 fully saturated rings. The molecule has 0 unspecified atom stereocenters. The summed E-state index contributed by atoms with van der Waals surface area (Å²) in [6, 6.07) is 12.7. The molecule has 0 amide bonds. The number of pyridine rings is 1. The molecular weight excluding hydrogens is 362 g/mol. The highest BCUT2D eigenvalue weighted by Gasteiger charge is 1.99. The van der Waals surface area contributed by atoms with Gasteiger partial charge >= 0.3 is 0 Å². The van der Waals surface area contributed by atoms with E-state index in [-0.39, 0.29) is 0 Å². The highest BCUT2D eigenvalue weighted by Crippen LogP contribution is 2.19. The van der Waals surface area contributed by atoms with Crippen LogP contribution in [0, 0.1) is 12.8 Å². The van der Waals surface area contributed by atoms with Crippen molar-refractivity contribution in [1.29, 1.82) is 0 Å². The maximum atomic E-state index is 4.46. The molecule has 0 saturated heterocycles. The Morgan fingerprint density at radius 1 is 0.933 bits per heavy atom. The summed E-state index contributed by atoms with van der Waals surface area (Å²) in [6.07, 6.45) is 6.75. The summed E-state index contributed by atoms with van der Waals surface area (Å²) in [7, 11) is 0. The summed E-state index contributed by atoms with van der Waals surface area (Å²) < 4.78 is 0. The van der Waals surface area contributed by atoms with E-state index < -0.39 is 0 Å². The third-order valence-electron chi connectivity index (χ3n) is 3.53. The van der Waals surface area contributed by atoms with Gasteiger partial charge in [-0.05, 0) is 31.4 Å². The highest BCUT2D eigenvalue weighted by molar-refractivity contribution is 5.63. The molecule has 1 aromatic heterocycles. The van der Waals surface area contributed by atoms with Crippen LogP contribution in [0.2, 0.25) is 0 Å². The fraction of sp³-hybridized carbons (Fsp3) is 0.552. The van der Waals surface area contributed by atoms with Gasteiger partial charge in [-0.25, -0.2) is 0 Å². The van der Waals surface area contributed by atoms with Gasteiger partial charge in [-0.3, -0.25) is 4.98 Å². The Morgan fingerprint density at radius 3 is 1.83 bits per heavy atom. The van der Waals surface area contributed by atoms with Gasteiger partial charge in [-0.1, -0.05) is 130 Å². The third-order valence-corrected chi connectivity index (χ3v) is 3.53. The Bertz CT molecular complexity index is 609. The van der Waals surface area contributed by atoms with Crippen molar-refractivity contribution in [3.63, 3.8) is 0 Å². The van der Waals surface area contributed by atoms with E-state index in [2.05, 4.69) is 89.5 Å². The zero-order valence-electron chi connectivity index (χ0n) is 22.1. The predicted molar refractivity (Wildman–Crippen MR) is 141 cm³/mol. The number of aryl methyl sites for hydroxylation is 1. The lowest BCUT2D eigenvalue weighted by Crippen LogP contribution is -1.90. The van der Waals surface area contributed by atoms with Gasteiger partial charge in [0, 0.05) is 23.9 Å². The number of rotatable bonds is 5.